The van der Waals surface area contributed by atoms with Crippen LogP contribution in [0.25, 0.3) is 0 Å². The van der Waals surface area contributed by atoms with Crippen molar-refractivity contribution in [3.63, 3.8) is 0 Å². The summed E-state index contributed by atoms with van der Waals surface area (Å²) in [6.45, 7) is 14.6. The lowest BCUT2D eigenvalue weighted by Crippen LogP contribution is -2.51. The number of hydrogen-bond donors (Lipinski definition) is 0. The van der Waals surface area contributed by atoms with Gasteiger partial charge in [0.05, 0.1) is 0 Å². The third-order valence-corrected chi connectivity index (χ3v) is 5.06. The van der Waals surface area contributed by atoms with Gasteiger partial charge in [-0.05, 0) is 63.2 Å². The zero-order valence-corrected chi connectivity index (χ0v) is 14.1. The molecule has 1 saturated heterocycles. The minimum Gasteiger partial charge on any atom is -0.444 e. The van der Waals surface area contributed by atoms with Crippen LogP contribution in [0, 0.1) is 16.7 Å². The highest BCUT2D eigenvalue weighted by Gasteiger charge is 2.49. The highest BCUT2D eigenvalue weighted by molar-refractivity contribution is 5.68. The molecule has 0 aromatic rings. The molecule has 1 heterocycles. The zero-order chi connectivity index (χ0) is 15.2. The quantitative estimate of drug-likeness (QED) is 0.656. The van der Waals surface area contributed by atoms with Crippen molar-refractivity contribution in [3.8, 4) is 0 Å². The number of nitrogens with zero attached hydrogens (tertiary/aromatic N) is 1. The normalized spacial score (nSPS) is 23.6. The topological polar surface area (TPSA) is 29.5 Å². The van der Waals surface area contributed by atoms with Crippen LogP contribution in [-0.4, -0.2) is 29.7 Å². The monoisotopic (exact) mass is 281 g/mol. The van der Waals surface area contributed by atoms with Crippen molar-refractivity contribution in [1.82, 2.24) is 4.90 Å². The molecule has 0 N–H and O–H groups in total. The molecule has 2 rings (SSSR count). The van der Waals surface area contributed by atoms with Gasteiger partial charge in [0, 0.05) is 13.1 Å². The number of likely N-dealkylation sites (tertiary alicyclic amines) is 1. The van der Waals surface area contributed by atoms with E-state index in [-0.39, 0.29) is 11.7 Å². The first-order valence-corrected chi connectivity index (χ1v) is 7.99. The molecule has 20 heavy (non-hydrogen) atoms. The smallest absolute Gasteiger partial charge is 0.410 e. The number of carbonyl (C=O) groups excluding carboxylic acids is 1. The van der Waals surface area contributed by atoms with Crippen molar-refractivity contribution < 1.29 is 9.53 Å². The van der Waals surface area contributed by atoms with Gasteiger partial charge in [-0.2, -0.15) is 0 Å². The van der Waals surface area contributed by atoms with E-state index >= 15 is 0 Å². The van der Waals surface area contributed by atoms with Crippen LogP contribution in [0.4, 0.5) is 4.79 Å². The van der Waals surface area contributed by atoms with E-state index in [2.05, 4.69) is 20.8 Å². The molecule has 2 aliphatic rings. The van der Waals surface area contributed by atoms with Crippen LogP contribution >= 0.6 is 0 Å². The van der Waals surface area contributed by atoms with Crippen LogP contribution in [0.1, 0.15) is 67.2 Å². The molecular formula is C17H31NO2. The van der Waals surface area contributed by atoms with Crippen LogP contribution < -0.4 is 0 Å². The Kier molecular flexibility index (Phi) is 3.85. The van der Waals surface area contributed by atoms with Gasteiger partial charge in [0.2, 0.25) is 0 Å². The Balaban J connectivity index is 1.81. The van der Waals surface area contributed by atoms with E-state index in [1.807, 2.05) is 25.7 Å². The second kappa shape index (κ2) is 4.92. The number of carbonyl (C=O) groups is 1. The standard InChI is InChI=1S/C17H31NO2/c1-15(2,3)13-11-17(12-13)7-9-18(10-8-17)14(19)20-16(4,5)6/h13H,7-12H2,1-6H3. The molecule has 2 fully saturated rings. The SMILES string of the molecule is CC(C)(C)OC(=O)N1CCC2(CC1)CC(C(C)(C)C)C2. The summed E-state index contributed by atoms with van der Waals surface area (Å²) in [5.41, 5.74) is 0.573. The summed E-state index contributed by atoms with van der Waals surface area (Å²) in [7, 11) is 0. The van der Waals surface area contributed by atoms with Crippen molar-refractivity contribution in [2.45, 2.75) is 72.8 Å². The van der Waals surface area contributed by atoms with Gasteiger partial charge in [0.1, 0.15) is 5.60 Å². The van der Waals surface area contributed by atoms with Gasteiger partial charge in [-0.1, -0.05) is 20.8 Å². The van der Waals surface area contributed by atoms with Crippen LogP contribution in [0.5, 0.6) is 0 Å². The second-order valence-corrected chi connectivity index (χ2v) is 8.94. The van der Waals surface area contributed by atoms with Gasteiger partial charge in [0.25, 0.3) is 0 Å². The maximum atomic E-state index is 12.1. The fourth-order valence-electron chi connectivity index (χ4n) is 3.50. The molecule has 3 nitrogen and oxygen atoms in total. The predicted octanol–water partition coefficient (Wildman–Crippen LogP) is 4.46. The number of hydrogen-bond acceptors (Lipinski definition) is 2. The van der Waals surface area contributed by atoms with Gasteiger partial charge >= 0.3 is 6.09 Å². The molecule has 0 aromatic heterocycles. The summed E-state index contributed by atoms with van der Waals surface area (Å²) < 4.78 is 5.46. The lowest BCUT2D eigenvalue weighted by Gasteiger charge is -2.56. The predicted molar refractivity (Wildman–Crippen MR) is 81.7 cm³/mol. The number of piperidine rings is 1. The molecule has 0 radical (unpaired) electrons. The highest BCUT2D eigenvalue weighted by atomic mass is 16.6. The van der Waals surface area contributed by atoms with Crippen LogP contribution in [0.3, 0.4) is 0 Å². The Labute approximate surface area is 124 Å². The average Bonchev–Trinajstić information content (AvgIpc) is 2.22. The van der Waals surface area contributed by atoms with E-state index in [0.29, 0.717) is 10.8 Å². The Morgan fingerprint density at radius 3 is 1.95 bits per heavy atom. The first-order valence-electron chi connectivity index (χ1n) is 7.99. The minimum absolute atomic E-state index is 0.140. The lowest BCUT2D eigenvalue weighted by molar-refractivity contribution is -0.0596. The van der Waals surface area contributed by atoms with Gasteiger partial charge in [-0.3, -0.25) is 0 Å². The van der Waals surface area contributed by atoms with Crippen molar-refractivity contribution in [3.05, 3.63) is 0 Å². The van der Waals surface area contributed by atoms with Crippen LogP contribution in [0.2, 0.25) is 0 Å². The molecule has 0 aromatic carbocycles. The summed E-state index contributed by atoms with van der Waals surface area (Å²) >= 11 is 0. The fraction of sp³-hybridized carbons (Fsp3) is 0.941. The van der Waals surface area contributed by atoms with Crippen molar-refractivity contribution in [2.24, 2.45) is 16.7 Å². The van der Waals surface area contributed by atoms with E-state index < -0.39 is 0 Å². The number of ether oxygens (including phenoxy) is 1. The summed E-state index contributed by atoms with van der Waals surface area (Å²) in [6.07, 6.45) is 4.86. The first-order chi connectivity index (χ1) is 9.01. The van der Waals surface area contributed by atoms with Crippen molar-refractivity contribution in [1.29, 1.82) is 0 Å². The summed E-state index contributed by atoms with van der Waals surface area (Å²) in [6, 6.07) is 0. The van der Waals surface area contributed by atoms with Gasteiger partial charge in [-0.15, -0.1) is 0 Å². The largest absolute Gasteiger partial charge is 0.444 e. The van der Waals surface area contributed by atoms with Crippen molar-refractivity contribution in [2.75, 3.05) is 13.1 Å². The number of amides is 1. The first kappa shape index (κ1) is 15.7. The molecule has 3 heteroatoms. The fourth-order valence-corrected chi connectivity index (χ4v) is 3.50. The average molecular weight is 281 g/mol. The molecule has 0 unspecified atom stereocenters. The van der Waals surface area contributed by atoms with Crippen LogP contribution in [-0.2, 0) is 4.74 Å². The van der Waals surface area contributed by atoms with E-state index in [1.54, 1.807) is 0 Å². The van der Waals surface area contributed by atoms with E-state index in [4.69, 9.17) is 4.74 Å². The molecule has 0 bridgehead atoms. The number of rotatable bonds is 0. The molecular weight excluding hydrogens is 250 g/mol. The maximum Gasteiger partial charge on any atom is 0.410 e. The Morgan fingerprint density at radius 1 is 1.05 bits per heavy atom. The Morgan fingerprint density at radius 2 is 1.55 bits per heavy atom. The molecule has 116 valence electrons. The summed E-state index contributed by atoms with van der Waals surface area (Å²) in [5, 5.41) is 0. The highest BCUT2D eigenvalue weighted by Crippen LogP contribution is 2.57. The van der Waals surface area contributed by atoms with Gasteiger partial charge < -0.3 is 9.64 Å². The second-order valence-electron chi connectivity index (χ2n) is 8.94. The molecule has 1 aliphatic carbocycles. The molecule has 1 saturated carbocycles. The van der Waals surface area contributed by atoms with E-state index in [0.717, 1.165) is 31.8 Å². The molecule has 0 atom stereocenters. The minimum atomic E-state index is -0.389. The van der Waals surface area contributed by atoms with Gasteiger partial charge in [-0.25, -0.2) is 4.79 Å². The Bertz CT molecular complexity index is 359. The van der Waals surface area contributed by atoms with Crippen molar-refractivity contribution >= 4 is 6.09 Å². The summed E-state index contributed by atoms with van der Waals surface area (Å²) in [4.78, 5) is 13.9. The zero-order valence-electron chi connectivity index (χ0n) is 14.1. The Hall–Kier alpha value is -0.730. The van der Waals surface area contributed by atoms with Gasteiger partial charge in [0.15, 0.2) is 0 Å². The van der Waals surface area contributed by atoms with Crippen LogP contribution in [0.15, 0.2) is 0 Å². The third-order valence-electron chi connectivity index (χ3n) is 5.06. The third kappa shape index (κ3) is 3.48. The molecule has 1 amide bonds. The molecule has 1 aliphatic heterocycles. The molecule has 1 spiro atoms. The van der Waals surface area contributed by atoms with E-state index in [1.165, 1.54) is 12.8 Å². The lowest BCUT2D eigenvalue weighted by atomic mass is 9.52. The van der Waals surface area contributed by atoms with E-state index in [9.17, 15) is 4.79 Å². The maximum absolute atomic E-state index is 12.1. The summed E-state index contributed by atoms with van der Waals surface area (Å²) in [5.74, 6) is 0.857.